The van der Waals surface area contributed by atoms with E-state index < -0.39 is 24.5 Å². The van der Waals surface area contributed by atoms with Crippen molar-refractivity contribution in [1.82, 2.24) is 4.90 Å². The molecular formula is C13H11BrFNO2. The Balaban J connectivity index is 2.35. The van der Waals surface area contributed by atoms with Crippen LogP contribution >= 0.6 is 15.9 Å². The second-order valence-electron chi connectivity index (χ2n) is 3.83. The minimum atomic E-state index is -0.838. The van der Waals surface area contributed by atoms with Crippen LogP contribution in [0.25, 0.3) is 0 Å². The van der Waals surface area contributed by atoms with Gasteiger partial charge in [0, 0.05) is 5.33 Å². The molecule has 0 saturated carbocycles. The first-order valence-corrected chi connectivity index (χ1v) is 6.58. The van der Waals surface area contributed by atoms with Crippen molar-refractivity contribution in [2.24, 2.45) is 0 Å². The van der Waals surface area contributed by atoms with Gasteiger partial charge in [-0.05, 0) is 12.1 Å². The molecule has 0 saturated heterocycles. The molecule has 0 N–H and O–H groups in total. The smallest absolute Gasteiger partial charge is 0.262 e. The molecular weight excluding hydrogens is 301 g/mol. The number of allylic oxidation sites excluding steroid dienone is 1. The van der Waals surface area contributed by atoms with Crippen LogP contribution in [0.2, 0.25) is 0 Å². The van der Waals surface area contributed by atoms with Crippen LogP contribution in [0.1, 0.15) is 20.7 Å². The first kappa shape index (κ1) is 13.0. The number of halogens is 2. The number of alkyl halides is 2. The maximum atomic E-state index is 13.0. The predicted octanol–water partition coefficient (Wildman–Crippen LogP) is 2.57. The van der Waals surface area contributed by atoms with Crippen molar-refractivity contribution in [2.75, 3.05) is 12.0 Å². The van der Waals surface area contributed by atoms with E-state index in [1.54, 1.807) is 30.3 Å². The fourth-order valence-electron chi connectivity index (χ4n) is 1.92. The van der Waals surface area contributed by atoms with Crippen LogP contribution < -0.4 is 0 Å². The van der Waals surface area contributed by atoms with E-state index in [1.165, 1.54) is 6.08 Å². The fourth-order valence-corrected chi connectivity index (χ4v) is 2.14. The van der Waals surface area contributed by atoms with E-state index in [1.807, 2.05) is 0 Å². The summed E-state index contributed by atoms with van der Waals surface area (Å²) in [4.78, 5) is 25.1. The molecule has 0 aliphatic carbocycles. The van der Waals surface area contributed by atoms with E-state index in [0.29, 0.717) is 16.5 Å². The van der Waals surface area contributed by atoms with Gasteiger partial charge < -0.3 is 0 Å². The summed E-state index contributed by atoms with van der Waals surface area (Å²) in [5, 5.41) is 0.548. The molecule has 0 spiro atoms. The fraction of sp³-hybridized carbons (Fsp3) is 0.231. The molecule has 18 heavy (non-hydrogen) atoms. The van der Waals surface area contributed by atoms with Gasteiger partial charge in [0.25, 0.3) is 11.8 Å². The zero-order valence-electron chi connectivity index (χ0n) is 9.48. The minimum absolute atomic E-state index is 0.341. The normalized spacial score (nSPS) is 16.4. The van der Waals surface area contributed by atoms with Crippen molar-refractivity contribution in [3.05, 3.63) is 47.5 Å². The number of fused-ring (bicyclic) bond motifs is 1. The lowest BCUT2D eigenvalue weighted by Crippen LogP contribution is -2.40. The zero-order valence-corrected chi connectivity index (χ0v) is 11.1. The lowest BCUT2D eigenvalue weighted by molar-refractivity contribution is 0.0596. The Kier molecular flexibility index (Phi) is 3.91. The molecule has 5 heteroatoms. The van der Waals surface area contributed by atoms with Crippen molar-refractivity contribution < 1.29 is 14.0 Å². The lowest BCUT2D eigenvalue weighted by atomic mass is 10.1. The van der Waals surface area contributed by atoms with Gasteiger partial charge in [-0.3, -0.25) is 14.5 Å². The van der Waals surface area contributed by atoms with Gasteiger partial charge >= 0.3 is 0 Å². The number of benzene rings is 1. The van der Waals surface area contributed by atoms with E-state index in [-0.39, 0.29) is 0 Å². The third kappa shape index (κ3) is 2.10. The maximum absolute atomic E-state index is 13.0. The molecule has 1 atom stereocenters. The molecule has 0 fully saturated rings. The third-order valence-corrected chi connectivity index (χ3v) is 3.14. The number of hydrogen-bond donors (Lipinski definition) is 0. The Labute approximate surface area is 112 Å². The topological polar surface area (TPSA) is 37.4 Å². The molecule has 2 amide bonds. The average molecular weight is 312 g/mol. The Morgan fingerprint density at radius 1 is 1.22 bits per heavy atom. The quantitative estimate of drug-likeness (QED) is 0.487. The van der Waals surface area contributed by atoms with Gasteiger partial charge in [-0.15, -0.1) is 0 Å². The summed E-state index contributed by atoms with van der Waals surface area (Å²) in [5.41, 5.74) is 0.682. The van der Waals surface area contributed by atoms with Crippen LogP contribution in [-0.4, -0.2) is 34.8 Å². The van der Waals surface area contributed by atoms with Crippen molar-refractivity contribution in [3.8, 4) is 0 Å². The summed E-state index contributed by atoms with van der Waals surface area (Å²) >= 11 is 3.18. The molecule has 1 aliphatic rings. The summed E-state index contributed by atoms with van der Waals surface area (Å²) < 4.78 is 13.0. The van der Waals surface area contributed by atoms with Gasteiger partial charge in [0.2, 0.25) is 0 Å². The van der Waals surface area contributed by atoms with Crippen LogP contribution in [0, 0.1) is 0 Å². The molecule has 1 aliphatic heterocycles. The number of hydrogen-bond acceptors (Lipinski definition) is 2. The highest BCUT2D eigenvalue weighted by Gasteiger charge is 2.38. The number of imide groups is 1. The molecule has 0 radical (unpaired) electrons. The minimum Gasteiger partial charge on any atom is -0.269 e. The standard InChI is InChI=1S/C13H11BrFNO2/c14-7-3-4-9(8-15)16-12(17)10-5-1-2-6-11(10)13(16)18/h1-6,9H,7-8H2/b4-3+. The molecule has 1 aromatic rings. The summed E-state index contributed by atoms with van der Waals surface area (Å²) in [6, 6.07) is 5.70. The van der Waals surface area contributed by atoms with Gasteiger partial charge in [-0.1, -0.05) is 40.2 Å². The Morgan fingerprint density at radius 3 is 2.22 bits per heavy atom. The summed E-state index contributed by atoms with van der Waals surface area (Å²) in [5.74, 6) is -0.866. The van der Waals surface area contributed by atoms with Crippen LogP contribution in [0.5, 0.6) is 0 Å². The number of rotatable bonds is 4. The van der Waals surface area contributed by atoms with E-state index in [0.717, 1.165) is 4.90 Å². The van der Waals surface area contributed by atoms with Crippen molar-refractivity contribution in [3.63, 3.8) is 0 Å². The second-order valence-corrected chi connectivity index (χ2v) is 4.48. The molecule has 0 bridgehead atoms. The van der Waals surface area contributed by atoms with E-state index in [4.69, 9.17) is 0 Å². The number of carbonyl (C=O) groups is 2. The van der Waals surface area contributed by atoms with Gasteiger partial charge in [-0.25, -0.2) is 4.39 Å². The highest BCUT2D eigenvalue weighted by atomic mass is 79.9. The molecule has 94 valence electrons. The first-order valence-electron chi connectivity index (χ1n) is 5.46. The van der Waals surface area contributed by atoms with E-state index in [9.17, 15) is 14.0 Å². The average Bonchev–Trinajstić information content (AvgIpc) is 2.65. The molecule has 3 nitrogen and oxygen atoms in total. The van der Waals surface area contributed by atoms with Crippen LogP contribution in [0.4, 0.5) is 4.39 Å². The van der Waals surface area contributed by atoms with Crippen molar-refractivity contribution in [1.29, 1.82) is 0 Å². The Bertz CT molecular complexity index is 480. The Hall–Kier alpha value is -1.49. The molecule has 1 aromatic carbocycles. The summed E-state index contributed by atoms with van der Waals surface area (Å²) in [6.45, 7) is -0.783. The SMILES string of the molecule is O=C1c2ccccc2C(=O)N1C(/C=C/CBr)CF. The summed E-state index contributed by atoms with van der Waals surface area (Å²) in [7, 11) is 0. The highest BCUT2D eigenvalue weighted by Crippen LogP contribution is 2.25. The van der Waals surface area contributed by atoms with E-state index in [2.05, 4.69) is 15.9 Å². The van der Waals surface area contributed by atoms with Crippen molar-refractivity contribution >= 4 is 27.7 Å². The van der Waals surface area contributed by atoms with Crippen molar-refractivity contribution in [2.45, 2.75) is 6.04 Å². The molecule has 2 rings (SSSR count). The van der Waals surface area contributed by atoms with Crippen LogP contribution in [0.15, 0.2) is 36.4 Å². The van der Waals surface area contributed by atoms with Crippen LogP contribution in [-0.2, 0) is 0 Å². The zero-order chi connectivity index (χ0) is 13.1. The molecule has 1 heterocycles. The number of amides is 2. The first-order chi connectivity index (χ1) is 8.70. The number of carbonyl (C=O) groups excluding carboxylic acids is 2. The van der Waals surface area contributed by atoms with E-state index >= 15 is 0 Å². The monoisotopic (exact) mass is 311 g/mol. The Morgan fingerprint density at radius 2 is 1.78 bits per heavy atom. The maximum Gasteiger partial charge on any atom is 0.262 e. The van der Waals surface area contributed by atoms with Gasteiger partial charge in [-0.2, -0.15) is 0 Å². The highest BCUT2D eigenvalue weighted by molar-refractivity contribution is 9.09. The van der Waals surface area contributed by atoms with Crippen LogP contribution in [0.3, 0.4) is 0 Å². The van der Waals surface area contributed by atoms with Gasteiger partial charge in [0.1, 0.15) is 6.67 Å². The predicted molar refractivity (Wildman–Crippen MR) is 69.6 cm³/mol. The third-order valence-electron chi connectivity index (χ3n) is 2.76. The molecule has 1 unspecified atom stereocenters. The van der Waals surface area contributed by atoms with Gasteiger partial charge in [0.05, 0.1) is 17.2 Å². The largest absolute Gasteiger partial charge is 0.269 e. The number of nitrogens with zero attached hydrogens (tertiary/aromatic N) is 1. The lowest BCUT2D eigenvalue weighted by Gasteiger charge is -2.20. The second kappa shape index (κ2) is 5.44. The summed E-state index contributed by atoms with van der Waals surface area (Å²) in [6.07, 6.45) is 3.20. The molecule has 0 aromatic heterocycles. The van der Waals surface area contributed by atoms with Gasteiger partial charge in [0.15, 0.2) is 0 Å².